The second kappa shape index (κ2) is 12.0. The second-order valence-corrected chi connectivity index (χ2v) is 10.6. The van der Waals surface area contributed by atoms with Gasteiger partial charge in [-0.25, -0.2) is 9.59 Å². The van der Waals surface area contributed by atoms with Gasteiger partial charge in [0.05, 0.1) is 0 Å². The number of amides is 4. The van der Waals surface area contributed by atoms with Crippen LogP contribution < -0.4 is 21.3 Å². The molecule has 0 saturated heterocycles. The monoisotopic (exact) mass is 560 g/mol. The molecule has 0 aromatic heterocycles. The number of ether oxygens (including phenoxy) is 2. The lowest BCUT2D eigenvalue weighted by Crippen LogP contribution is -2.67. The molecular weight excluding hydrogens is 504 g/mol. The van der Waals surface area contributed by atoms with Gasteiger partial charge in [0.1, 0.15) is 34.4 Å². The Morgan fingerprint density at radius 3 is 1.49 bits per heavy atom. The van der Waals surface area contributed by atoms with Gasteiger partial charge in [0, 0.05) is 16.4 Å². The Bertz CT molecular complexity index is 1480. The summed E-state index contributed by atoms with van der Waals surface area (Å²) in [4.78, 5) is 66.7. The van der Waals surface area contributed by atoms with Gasteiger partial charge in [-0.1, -0.05) is 30.3 Å². The number of rotatable bonds is 10. The molecule has 11 nitrogen and oxygen atoms in total. The van der Waals surface area contributed by atoms with Crippen LogP contribution in [0.1, 0.15) is 97.9 Å². The van der Waals surface area contributed by atoms with Crippen LogP contribution in [0.25, 0.3) is 0 Å². The lowest BCUT2D eigenvalue weighted by atomic mass is 9.95. The van der Waals surface area contributed by atoms with E-state index in [1.54, 1.807) is 41.0 Å². The van der Waals surface area contributed by atoms with Crippen LogP contribution in [0.4, 0.5) is 4.79 Å². The average Bonchev–Trinajstić information content (AvgIpc) is 2.92. The van der Waals surface area contributed by atoms with Gasteiger partial charge in [-0.05, 0) is 81.4 Å². The van der Waals surface area contributed by atoms with Crippen LogP contribution in [0.2, 0.25) is 0 Å². The van der Waals surface area contributed by atoms with Crippen molar-refractivity contribution < 1.29 is 49.9 Å². The summed E-state index contributed by atoms with van der Waals surface area (Å²) < 4.78 is 106. The Kier molecular flexibility index (Phi) is 5.75. The molecule has 0 spiro atoms. The van der Waals surface area contributed by atoms with E-state index in [4.69, 9.17) is 25.9 Å². The van der Waals surface area contributed by atoms with E-state index in [9.17, 15) is 24.0 Å². The molecule has 1 rings (SSSR count). The van der Waals surface area contributed by atoms with Gasteiger partial charge in [-0.2, -0.15) is 0 Å². The van der Waals surface area contributed by atoms with E-state index in [1.807, 2.05) is 10.6 Å². The van der Waals surface area contributed by atoms with Gasteiger partial charge in [0.15, 0.2) is 0 Å². The van der Waals surface area contributed by atoms with Gasteiger partial charge in [-0.3, -0.25) is 14.4 Å². The van der Waals surface area contributed by atoms with E-state index in [0.717, 1.165) is 6.92 Å². The highest BCUT2D eigenvalue weighted by molar-refractivity contribution is 5.99. The van der Waals surface area contributed by atoms with Crippen LogP contribution in [-0.2, 0) is 35.3 Å². The molecule has 0 aliphatic heterocycles. The van der Waals surface area contributed by atoms with Crippen molar-refractivity contribution in [2.24, 2.45) is 0 Å². The number of carbonyl (C=O) groups is 5. The van der Waals surface area contributed by atoms with Gasteiger partial charge in [0.25, 0.3) is 0 Å². The highest BCUT2D eigenvalue weighted by Crippen LogP contribution is 2.17. The first-order valence-electron chi connectivity index (χ1n) is 17.7. The third-order valence-electron chi connectivity index (χ3n) is 4.82. The predicted octanol–water partition coefficient (Wildman–Crippen LogP) is 2.72. The van der Waals surface area contributed by atoms with E-state index in [1.165, 1.54) is 20.8 Å². The Hall–Kier alpha value is -3.63. The standard InChI is InChI=1S/C28H44N4O7/c1-24(2,3)39-22(36)28(10,11)31-20(34)26(6,7)29-19(33)25(4,5)30-21(35)27(8,9)32-23(37)38-17-18-15-13-12-14-16-18/h12-16H,17H2,1-11H3,(H,29,33)(H,30,35)(H,31,34)(H,32,37)/i4D3,6D3,8D3,10D3/t25-,26-,27-,28-/m1/s1. The molecule has 0 radical (unpaired) electrons. The number of carbonyl (C=O) groups excluding carboxylic acids is 5. The summed E-state index contributed by atoms with van der Waals surface area (Å²) in [5.74, 6) is -6.93. The van der Waals surface area contributed by atoms with Crippen LogP contribution >= 0.6 is 0 Å². The van der Waals surface area contributed by atoms with Crippen LogP contribution in [0, 0.1) is 0 Å². The van der Waals surface area contributed by atoms with Crippen molar-refractivity contribution >= 4 is 29.8 Å². The Morgan fingerprint density at radius 2 is 1.08 bits per heavy atom. The molecule has 218 valence electrons. The van der Waals surface area contributed by atoms with Crippen molar-refractivity contribution in [3.05, 3.63) is 35.9 Å². The van der Waals surface area contributed by atoms with E-state index in [0.29, 0.717) is 26.3 Å². The molecule has 1 aromatic carbocycles. The van der Waals surface area contributed by atoms with Gasteiger partial charge in [0.2, 0.25) is 17.7 Å². The Morgan fingerprint density at radius 1 is 0.667 bits per heavy atom. The van der Waals surface area contributed by atoms with Crippen molar-refractivity contribution in [1.82, 2.24) is 21.3 Å². The molecule has 0 bridgehead atoms. The summed E-state index contributed by atoms with van der Waals surface area (Å²) in [6.45, 7) is -7.56. The molecule has 0 unspecified atom stereocenters. The van der Waals surface area contributed by atoms with Crippen LogP contribution in [-0.4, -0.2) is 57.5 Å². The lowest BCUT2D eigenvalue weighted by molar-refractivity contribution is -0.163. The summed E-state index contributed by atoms with van der Waals surface area (Å²) in [7, 11) is 0. The minimum absolute atomic E-state index is 0.356. The Balaban J connectivity index is 3.60. The average molecular weight is 561 g/mol. The van der Waals surface area contributed by atoms with Crippen LogP contribution in [0.3, 0.4) is 0 Å². The summed E-state index contributed by atoms with van der Waals surface area (Å²) >= 11 is 0. The zero-order valence-electron chi connectivity index (χ0n) is 35.0. The third kappa shape index (κ3) is 10.6. The minimum Gasteiger partial charge on any atom is -0.458 e. The summed E-state index contributed by atoms with van der Waals surface area (Å²) in [5.41, 5.74) is -13.1. The number of esters is 1. The summed E-state index contributed by atoms with van der Waals surface area (Å²) in [5, 5.41) is 7.19. The van der Waals surface area contributed by atoms with E-state index < -0.39 is 84.9 Å². The number of nitrogens with one attached hydrogen (secondary N) is 4. The molecule has 0 aliphatic rings. The SMILES string of the molecule is [2H]C([2H])([2H])[C@](C)(NC(=O)OCc1ccccc1)C(=O)N[C@](C)(C(=O)N[C@](C)(C(=O)N[C@](C)(C(=O)OC(C)(C)C)C([2H])([2H])[2H])C([2H])([2H])[2H])C([2H])([2H])[2H]. The first-order valence-corrected chi connectivity index (χ1v) is 11.7. The van der Waals surface area contributed by atoms with Crippen molar-refractivity contribution in [3.8, 4) is 0 Å². The normalized spacial score (nSPS) is 23.4. The minimum atomic E-state index is -3.61. The maximum absolute atomic E-state index is 13.8. The maximum Gasteiger partial charge on any atom is 0.408 e. The second-order valence-electron chi connectivity index (χ2n) is 10.6. The van der Waals surface area contributed by atoms with Crippen molar-refractivity contribution in [2.45, 2.75) is 110 Å². The topological polar surface area (TPSA) is 152 Å². The molecule has 0 heterocycles. The number of hydrogen-bond donors (Lipinski definition) is 4. The molecule has 0 fully saturated rings. The third-order valence-corrected chi connectivity index (χ3v) is 4.82. The molecule has 4 amide bonds. The van der Waals surface area contributed by atoms with Crippen molar-refractivity contribution in [2.75, 3.05) is 0 Å². The van der Waals surface area contributed by atoms with E-state index in [-0.39, 0.29) is 6.61 Å². The fourth-order valence-corrected chi connectivity index (χ4v) is 2.62. The van der Waals surface area contributed by atoms with Gasteiger partial charge >= 0.3 is 12.1 Å². The lowest BCUT2D eigenvalue weighted by Gasteiger charge is -2.36. The molecule has 0 aliphatic carbocycles. The smallest absolute Gasteiger partial charge is 0.408 e. The zero-order valence-corrected chi connectivity index (χ0v) is 23.0. The first kappa shape index (κ1) is 18.6. The maximum atomic E-state index is 13.8. The van der Waals surface area contributed by atoms with Crippen LogP contribution in [0.15, 0.2) is 30.3 Å². The number of alkyl carbamates (subject to hydrolysis) is 1. The van der Waals surface area contributed by atoms with Gasteiger partial charge in [-0.15, -0.1) is 0 Å². The van der Waals surface area contributed by atoms with Crippen LogP contribution in [0.5, 0.6) is 0 Å². The highest BCUT2D eigenvalue weighted by atomic mass is 16.6. The Labute approximate surface area is 248 Å². The molecule has 39 heavy (non-hydrogen) atoms. The molecule has 4 N–H and O–H groups in total. The molecule has 0 saturated carbocycles. The quantitative estimate of drug-likeness (QED) is 0.321. The van der Waals surface area contributed by atoms with Crippen molar-refractivity contribution in [3.63, 3.8) is 0 Å². The molecule has 1 aromatic rings. The van der Waals surface area contributed by atoms with Gasteiger partial charge < -0.3 is 30.7 Å². The fourth-order valence-electron chi connectivity index (χ4n) is 2.62. The number of hydrogen-bond acceptors (Lipinski definition) is 7. The predicted molar refractivity (Wildman–Crippen MR) is 146 cm³/mol. The molecule has 11 heteroatoms. The fraction of sp³-hybridized carbons (Fsp3) is 0.607. The van der Waals surface area contributed by atoms with Crippen molar-refractivity contribution in [1.29, 1.82) is 0 Å². The molecule has 4 atom stereocenters. The largest absolute Gasteiger partial charge is 0.458 e. The highest BCUT2D eigenvalue weighted by Gasteiger charge is 2.42. The number of benzene rings is 1. The van der Waals surface area contributed by atoms with E-state index >= 15 is 0 Å². The van der Waals surface area contributed by atoms with E-state index in [2.05, 4.69) is 0 Å². The zero-order chi connectivity index (χ0) is 40.4. The molecular formula is C28H44N4O7. The summed E-state index contributed by atoms with van der Waals surface area (Å²) in [6.07, 6.45) is -1.42. The first-order chi connectivity index (χ1) is 22.5. The summed E-state index contributed by atoms with van der Waals surface area (Å²) in [6, 6.07) is 8.11.